The number of benzene rings is 2. The van der Waals surface area contributed by atoms with Crippen molar-refractivity contribution in [3.05, 3.63) is 83.9 Å². The molecule has 0 fully saturated rings. The SMILES string of the molecule is CC(NC(=O)c1cccc(C(=N)N)c1)c1ccc(-n2ccnc2)cc1. The Morgan fingerprint density at radius 3 is 2.56 bits per heavy atom. The lowest BCUT2D eigenvalue weighted by Gasteiger charge is -2.15. The van der Waals surface area contributed by atoms with Crippen molar-refractivity contribution in [1.29, 1.82) is 5.41 Å². The molecule has 0 saturated heterocycles. The molecule has 0 saturated carbocycles. The summed E-state index contributed by atoms with van der Waals surface area (Å²) in [6.07, 6.45) is 5.34. The third kappa shape index (κ3) is 3.74. The second kappa shape index (κ2) is 7.00. The molecule has 25 heavy (non-hydrogen) atoms. The topological polar surface area (TPSA) is 96.8 Å². The summed E-state index contributed by atoms with van der Waals surface area (Å²) >= 11 is 0. The normalized spacial score (nSPS) is 11.7. The van der Waals surface area contributed by atoms with E-state index in [2.05, 4.69) is 10.3 Å². The summed E-state index contributed by atoms with van der Waals surface area (Å²) in [6.45, 7) is 1.93. The second-order valence-corrected chi connectivity index (χ2v) is 5.75. The molecular weight excluding hydrogens is 314 g/mol. The number of nitrogens with one attached hydrogen (secondary N) is 2. The predicted molar refractivity (Wildman–Crippen MR) is 96.9 cm³/mol. The Labute approximate surface area is 145 Å². The molecule has 2 aromatic carbocycles. The van der Waals surface area contributed by atoms with Gasteiger partial charge in [-0.05, 0) is 36.8 Å². The Hall–Kier alpha value is -3.41. The van der Waals surface area contributed by atoms with Crippen LogP contribution in [0, 0.1) is 5.41 Å². The van der Waals surface area contributed by atoms with E-state index in [1.807, 2.05) is 42.0 Å². The average molecular weight is 333 g/mol. The van der Waals surface area contributed by atoms with E-state index in [1.54, 1.807) is 36.8 Å². The number of amides is 1. The number of carbonyl (C=O) groups is 1. The van der Waals surface area contributed by atoms with Crippen LogP contribution in [0.3, 0.4) is 0 Å². The molecule has 4 N–H and O–H groups in total. The highest BCUT2D eigenvalue weighted by atomic mass is 16.1. The Kier molecular flexibility index (Phi) is 4.61. The lowest BCUT2D eigenvalue weighted by Crippen LogP contribution is -2.27. The van der Waals surface area contributed by atoms with Crippen molar-refractivity contribution >= 4 is 11.7 Å². The fourth-order valence-corrected chi connectivity index (χ4v) is 2.54. The smallest absolute Gasteiger partial charge is 0.251 e. The summed E-state index contributed by atoms with van der Waals surface area (Å²) in [4.78, 5) is 16.5. The monoisotopic (exact) mass is 333 g/mol. The maximum absolute atomic E-state index is 12.4. The van der Waals surface area contributed by atoms with E-state index in [4.69, 9.17) is 11.1 Å². The van der Waals surface area contributed by atoms with Gasteiger partial charge in [0, 0.05) is 29.2 Å². The molecule has 0 aliphatic carbocycles. The maximum Gasteiger partial charge on any atom is 0.251 e. The molecule has 0 aliphatic heterocycles. The molecule has 0 aliphatic rings. The molecule has 3 aromatic rings. The Bertz CT molecular complexity index is 884. The summed E-state index contributed by atoms with van der Waals surface area (Å²) < 4.78 is 1.92. The molecule has 1 atom stereocenters. The van der Waals surface area contributed by atoms with Crippen LogP contribution in [0.25, 0.3) is 5.69 Å². The van der Waals surface area contributed by atoms with Gasteiger partial charge in [-0.2, -0.15) is 0 Å². The van der Waals surface area contributed by atoms with Crippen molar-refractivity contribution in [2.75, 3.05) is 0 Å². The van der Waals surface area contributed by atoms with Gasteiger partial charge in [0.2, 0.25) is 0 Å². The van der Waals surface area contributed by atoms with Crippen LogP contribution in [-0.4, -0.2) is 21.3 Å². The van der Waals surface area contributed by atoms with Crippen LogP contribution in [0.5, 0.6) is 0 Å². The van der Waals surface area contributed by atoms with Gasteiger partial charge in [0.05, 0.1) is 12.4 Å². The molecule has 3 rings (SSSR count). The third-order valence-electron chi connectivity index (χ3n) is 3.98. The van der Waals surface area contributed by atoms with Crippen LogP contribution in [0.15, 0.2) is 67.3 Å². The maximum atomic E-state index is 12.4. The summed E-state index contributed by atoms with van der Waals surface area (Å²) in [5.41, 5.74) is 8.50. The van der Waals surface area contributed by atoms with Gasteiger partial charge in [-0.3, -0.25) is 10.2 Å². The van der Waals surface area contributed by atoms with Crippen molar-refractivity contribution in [2.45, 2.75) is 13.0 Å². The van der Waals surface area contributed by atoms with Crippen LogP contribution < -0.4 is 11.1 Å². The molecule has 1 amide bonds. The molecule has 6 nitrogen and oxygen atoms in total. The van der Waals surface area contributed by atoms with E-state index in [0.29, 0.717) is 11.1 Å². The van der Waals surface area contributed by atoms with Gasteiger partial charge >= 0.3 is 0 Å². The Balaban J connectivity index is 1.71. The van der Waals surface area contributed by atoms with Gasteiger partial charge in [0.15, 0.2) is 0 Å². The largest absolute Gasteiger partial charge is 0.384 e. The Morgan fingerprint density at radius 2 is 1.92 bits per heavy atom. The number of nitrogen functional groups attached to an aromatic ring is 1. The van der Waals surface area contributed by atoms with Gasteiger partial charge in [-0.15, -0.1) is 0 Å². The zero-order valence-corrected chi connectivity index (χ0v) is 13.8. The number of hydrogen-bond acceptors (Lipinski definition) is 3. The zero-order valence-electron chi connectivity index (χ0n) is 13.8. The van der Waals surface area contributed by atoms with Gasteiger partial charge in [-0.25, -0.2) is 4.98 Å². The molecule has 1 heterocycles. The average Bonchev–Trinajstić information content (AvgIpc) is 3.16. The fraction of sp³-hybridized carbons (Fsp3) is 0.105. The van der Waals surface area contributed by atoms with Crippen molar-refractivity contribution in [3.63, 3.8) is 0 Å². The van der Waals surface area contributed by atoms with E-state index < -0.39 is 0 Å². The number of hydrogen-bond donors (Lipinski definition) is 3. The fourth-order valence-electron chi connectivity index (χ4n) is 2.54. The standard InChI is InChI=1S/C19H19N5O/c1-13(14-5-7-17(8-6-14)24-10-9-22-12-24)23-19(25)16-4-2-3-15(11-16)18(20)21/h2-13H,1H3,(H3,20,21)(H,23,25). The first kappa shape index (κ1) is 16.4. The van der Waals surface area contributed by atoms with E-state index in [-0.39, 0.29) is 17.8 Å². The highest BCUT2D eigenvalue weighted by Crippen LogP contribution is 2.16. The summed E-state index contributed by atoms with van der Waals surface area (Å²) in [5, 5.41) is 10.4. The molecule has 1 unspecified atom stereocenters. The highest BCUT2D eigenvalue weighted by molar-refractivity contribution is 6.00. The molecule has 1 aromatic heterocycles. The van der Waals surface area contributed by atoms with Gasteiger partial charge < -0.3 is 15.6 Å². The summed E-state index contributed by atoms with van der Waals surface area (Å²) in [6, 6.07) is 14.5. The van der Waals surface area contributed by atoms with Crippen LogP contribution in [-0.2, 0) is 0 Å². The molecular formula is C19H19N5O. The number of amidine groups is 1. The van der Waals surface area contributed by atoms with Crippen LogP contribution >= 0.6 is 0 Å². The van der Waals surface area contributed by atoms with Crippen molar-refractivity contribution in [3.8, 4) is 5.69 Å². The minimum atomic E-state index is -0.200. The molecule has 0 spiro atoms. The predicted octanol–water partition coefficient (Wildman–Crippen LogP) is 2.65. The summed E-state index contributed by atoms with van der Waals surface area (Å²) in [5.74, 6) is -0.257. The molecule has 0 radical (unpaired) electrons. The van der Waals surface area contributed by atoms with Crippen molar-refractivity contribution in [1.82, 2.24) is 14.9 Å². The molecule has 0 bridgehead atoms. The van der Waals surface area contributed by atoms with Gasteiger partial charge in [0.25, 0.3) is 5.91 Å². The lowest BCUT2D eigenvalue weighted by atomic mass is 10.1. The lowest BCUT2D eigenvalue weighted by molar-refractivity contribution is 0.0940. The number of imidazole rings is 1. The Morgan fingerprint density at radius 1 is 1.20 bits per heavy atom. The minimum Gasteiger partial charge on any atom is -0.384 e. The summed E-state index contributed by atoms with van der Waals surface area (Å²) in [7, 11) is 0. The number of carbonyl (C=O) groups excluding carboxylic acids is 1. The highest BCUT2D eigenvalue weighted by Gasteiger charge is 2.12. The van der Waals surface area contributed by atoms with Gasteiger partial charge in [-0.1, -0.05) is 24.3 Å². The number of nitrogens with zero attached hydrogens (tertiary/aromatic N) is 2. The van der Waals surface area contributed by atoms with E-state index in [9.17, 15) is 4.79 Å². The second-order valence-electron chi connectivity index (χ2n) is 5.75. The number of nitrogens with two attached hydrogens (primary N) is 1. The van der Waals surface area contributed by atoms with Crippen LogP contribution in [0.1, 0.15) is 34.5 Å². The minimum absolute atomic E-state index is 0.0576. The number of rotatable bonds is 5. The first-order valence-corrected chi connectivity index (χ1v) is 7.88. The van der Waals surface area contributed by atoms with Crippen molar-refractivity contribution < 1.29 is 4.79 Å². The third-order valence-corrected chi connectivity index (χ3v) is 3.98. The first-order chi connectivity index (χ1) is 12.0. The molecule has 6 heteroatoms. The number of aromatic nitrogens is 2. The van der Waals surface area contributed by atoms with Crippen LogP contribution in [0.2, 0.25) is 0 Å². The van der Waals surface area contributed by atoms with E-state index in [0.717, 1.165) is 11.3 Å². The van der Waals surface area contributed by atoms with Crippen molar-refractivity contribution in [2.24, 2.45) is 5.73 Å². The molecule has 126 valence electrons. The quantitative estimate of drug-likeness (QED) is 0.494. The van der Waals surface area contributed by atoms with E-state index >= 15 is 0 Å². The van der Waals surface area contributed by atoms with E-state index in [1.165, 1.54) is 0 Å². The van der Waals surface area contributed by atoms with Crippen LogP contribution in [0.4, 0.5) is 0 Å². The van der Waals surface area contributed by atoms with Gasteiger partial charge in [0.1, 0.15) is 5.84 Å². The zero-order chi connectivity index (χ0) is 17.8. The first-order valence-electron chi connectivity index (χ1n) is 7.88.